The fourth-order valence-corrected chi connectivity index (χ4v) is 2.61. The average molecular weight is 268 g/mol. The van der Waals surface area contributed by atoms with Gasteiger partial charge in [0.05, 0.1) is 11.4 Å². The molecule has 2 aliphatic heterocycles. The van der Waals surface area contributed by atoms with Gasteiger partial charge in [-0.2, -0.15) is 0 Å². The number of ether oxygens (including phenoxy) is 2. The molecule has 2 aromatic rings. The predicted molar refractivity (Wildman–Crippen MR) is 78.4 cm³/mol. The smallest absolute Gasteiger partial charge is 0.226 e. The molecule has 0 spiro atoms. The third kappa shape index (κ3) is 1.76. The highest BCUT2D eigenvalue weighted by atomic mass is 16.6. The van der Waals surface area contributed by atoms with Crippen molar-refractivity contribution in [3.8, 4) is 11.5 Å². The molecule has 2 aliphatic rings. The van der Waals surface area contributed by atoms with Crippen molar-refractivity contribution >= 4 is 11.4 Å². The molecule has 0 saturated carbocycles. The Balaban J connectivity index is 1.55. The highest BCUT2D eigenvalue weighted by molar-refractivity contribution is 5.64. The summed E-state index contributed by atoms with van der Waals surface area (Å²) in [4.78, 5) is 0. The summed E-state index contributed by atoms with van der Waals surface area (Å²) in [7, 11) is 0. The molecule has 0 amide bonds. The summed E-state index contributed by atoms with van der Waals surface area (Å²) in [6.07, 6.45) is -0.445. The lowest BCUT2D eigenvalue weighted by Gasteiger charge is -2.18. The van der Waals surface area contributed by atoms with Crippen LogP contribution in [0.15, 0.2) is 36.4 Å². The number of aryl methyl sites for hydroxylation is 2. The van der Waals surface area contributed by atoms with Crippen LogP contribution in [-0.2, 0) is 0 Å². The summed E-state index contributed by atoms with van der Waals surface area (Å²) in [6.45, 7) is 4.11. The number of nitrogens with one attached hydrogen (secondary N) is 2. The zero-order valence-electron chi connectivity index (χ0n) is 11.4. The summed E-state index contributed by atoms with van der Waals surface area (Å²) in [5.41, 5.74) is 4.40. The van der Waals surface area contributed by atoms with E-state index in [1.807, 2.05) is 24.3 Å². The lowest BCUT2D eigenvalue weighted by molar-refractivity contribution is 0.113. The number of fused-ring (bicyclic) bond motifs is 2. The molecule has 0 bridgehead atoms. The highest BCUT2D eigenvalue weighted by Gasteiger charge is 2.35. The van der Waals surface area contributed by atoms with Crippen LogP contribution in [-0.4, -0.2) is 12.5 Å². The SMILES string of the molecule is Cc1ccc2c(c1)O[C@H]([C@@H]1Nc3ccc(C)cc3O1)N2. The Morgan fingerprint density at radius 2 is 1.20 bits per heavy atom. The highest BCUT2D eigenvalue weighted by Crippen LogP contribution is 2.38. The van der Waals surface area contributed by atoms with Gasteiger partial charge in [0.1, 0.15) is 11.5 Å². The van der Waals surface area contributed by atoms with Crippen molar-refractivity contribution in [2.45, 2.75) is 26.3 Å². The fraction of sp³-hybridized carbons (Fsp3) is 0.250. The summed E-state index contributed by atoms with van der Waals surface area (Å²) in [6, 6.07) is 12.3. The zero-order valence-corrected chi connectivity index (χ0v) is 11.4. The molecule has 0 fully saturated rings. The molecule has 0 aliphatic carbocycles. The van der Waals surface area contributed by atoms with E-state index < -0.39 is 0 Å². The summed E-state index contributed by atoms with van der Waals surface area (Å²) in [5.74, 6) is 1.76. The third-order valence-corrected chi connectivity index (χ3v) is 3.65. The van der Waals surface area contributed by atoms with Gasteiger partial charge in [0.25, 0.3) is 0 Å². The minimum atomic E-state index is -0.223. The number of benzene rings is 2. The fourth-order valence-electron chi connectivity index (χ4n) is 2.61. The van der Waals surface area contributed by atoms with Gasteiger partial charge in [-0.1, -0.05) is 12.1 Å². The van der Waals surface area contributed by atoms with Gasteiger partial charge in [-0.15, -0.1) is 0 Å². The van der Waals surface area contributed by atoms with Crippen molar-refractivity contribution in [2.75, 3.05) is 10.6 Å². The normalized spacial score (nSPS) is 22.1. The van der Waals surface area contributed by atoms with Crippen LogP contribution in [0.1, 0.15) is 11.1 Å². The number of hydrogen-bond donors (Lipinski definition) is 2. The molecule has 0 aromatic heterocycles. The Bertz CT molecular complexity index is 625. The van der Waals surface area contributed by atoms with Gasteiger partial charge in [0.2, 0.25) is 12.5 Å². The van der Waals surface area contributed by atoms with Gasteiger partial charge >= 0.3 is 0 Å². The third-order valence-electron chi connectivity index (χ3n) is 3.65. The van der Waals surface area contributed by atoms with Crippen LogP contribution < -0.4 is 20.1 Å². The van der Waals surface area contributed by atoms with Crippen molar-refractivity contribution in [3.63, 3.8) is 0 Å². The van der Waals surface area contributed by atoms with E-state index in [4.69, 9.17) is 9.47 Å². The monoisotopic (exact) mass is 268 g/mol. The van der Waals surface area contributed by atoms with Crippen LogP contribution in [0.25, 0.3) is 0 Å². The van der Waals surface area contributed by atoms with Crippen LogP contribution in [0.4, 0.5) is 11.4 Å². The Labute approximate surface area is 117 Å². The van der Waals surface area contributed by atoms with E-state index in [0.717, 1.165) is 22.9 Å². The molecule has 4 heteroatoms. The Morgan fingerprint density at radius 1 is 0.750 bits per heavy atom. The molecule has 0 radical (unpaired) electrons. The number of anilines is 2. The van der Waals surface area contributed by atoms with E-state index in [1.165, 1.54) is 11.1 Å². The second kappa shape index (κ2) is 4.07. The Morgan fingerprint density at radius 3 is 1.65 bits per heavy atom. The molecule has 2 atom stereocenters. The molecule has 0 unspecified atom stereocenters. The molecule has 2 heterocycles. The first-order valence-electron chi connectivity index (χ1n) is 6.77. The van der Waals surface area contributed by atoms with Gasteiger partial charge in [0.15, 0.2) is 0 Å². The van der Waals surface area contributed by atoms with E-state index in [0.29, 0.717) is 0 Å². The second-order valence-corrected chi connectivity index (χ2v) is 5.36. The molecule has 20 heavy (non-hydrogen) atoms. The maximum atomic E-state index is 5.93. The molecular formula is C16H16N2O2. The summed E-state index contributed by atoms with van der Waals surface area (Å²) >= 11 is 0. The first kappa shape index (κ1) is 11.5. The van der Waals surface area contributed by atoms with E-state index in [9.17, 15) is 0 Å². The largest absolute Gasteiger partial charge is 0.462 e. The van der Waals surface area contributed by atoms with Crippen LogP contribution >= 0.6 is 0 Å². The van der Waals surface area contributed by atoms with Gasteiger partial charge in [0, 0.05) is 0 Å². The second-order valence-electron chi connectivity index (χ2n) is 5.36. The molecule has 4 rings (SSSR count). The van der Waals surface area contributed by atoms with Gasteiger partial charge in [-0.05, 0) is 49.2 Å². The lowest BCUT2D eigenvalue weighted by atomic mass is 10.2. The van der Waals surface area contributed by atoms with Crippen LogP contribution in [0, 0.1) is 13.8 Å². The van der Waals surface area contributed by atoms with Gasteiger partial charge in [-0.3, -0.25) is 0 Å². The van der Waals surface area contributed by atoms with Crippen LogP contribution in [0.3, 0.4) is 0 Å². The first-order chi connectivity index (χ1) is 9.69. The van der Waals surface area contributed by atoms with E-state index in [2.05, 4.69) is 36.6 Å². The van der Waals surface area contributed by atoms with Crippen molar-refractivity contribution in [2.24, 2.45) is 0 Å². The van der Waals surface area contributed by atoms with Crippen molar-refractivity contribution in [1.29, 1.82) is 0 Å². The standard InChI is InChI=1S/C16H16N2O2/c1-9-3-5-11-13(7-9)19-15(17-11)16-18-12-6-4-10(2)8-14(12)20-16/h3-8,15-18H,1-2H3/t15-,16-/m1/s1. The van der Waals surface area contributed by atoms with E-state index in [1.54, 1.807) is 0 Å². The Hall–Kier alpha value is -2.36. The molecule has 2 N–H and O–H groups in total. The molecule has 2 aromatic carbocycles. The van der Waals surface area contributed by atoms with Gasteiger partial charge < -0.3 is 20.1 Å². The summed E-state index contributed by atoms with van der Waals surface area (Å²) in [5, 5.41) is 6.69. The lowest BCUT2D eigenvalue weighted by Crippen LogP contribution is -2.41. The van der Waals surface area contributed by atoms with Crippen molar-refractivity contribution in [1.82, 2.24) is 0 Å². The molecule has 102 valence electrons. The maximum absolute atomic E-state index is 5.93. The molecule has 0 saturated heterocycles. The van der Waals surface area contributed by atoms with E-state index in [-0.39, 0.29) is 12.5 Å². The van der Waals surface area contributed by atoms with Crippen LogP contribution in [0.5, 0.6) is 11.5 Å². The Kier molecular flexibility index (Phi) is 2.33. The minimum Gasteiger partial charge on any atom is -0.462 e. The average Bonchev–Trinajstić information content (AvgIpc) is 3.00. The predicted octanol–water partition coefficient (Wildman–Crippen LogP) is 3.26. The van der Waals surface area contributed by atoms with Crippen molar-refractivity contribution in [3.05, 3.63) is 47.5 Å². The number of hydrogen-bond acceptors (Lipinski definition) is 4. The molecule has 4 nitrogen and oxygen atoms in total. The summed E-state index contributed by atoms with van der Waals surface area (Å²) < 4.78 is 11.9. The zero-order chi connectivity index (χ0) is 13.7. The van der Waals surface area contributed by atoms with Crippen molar-refractivity contribution < 1.29 is 9.47 Å². The minimum absolute atomic E-state index is 0.223. The van der Waals surface area contributed by atoms with Gasteiger partial charge in [-0.25, -0.2) is 0 Å². The first-order valence-corrected chi connectivity index (χ1v) is 6.77. The quantitative estimate of drug-likeness (QED) is 0.833. The van der Waals surface area contributed by atoms with E-state index >= 15 is 0 Å². The molecular weight excluding hydrogens is 252 g/mol. The topological polar surface area (TPSA) is 42.5 Å². The van der Waals surface area contributed by atoms with Crippen LogP contribution in [0.2, 0.25) is 0 Å². The number of rotatable bonds is 1. The maximum Gasteiger partial charge on any atom is 0.226 e.